The van der Waals surface area contributed by atoms with Crippen molar-refractivity contribution >= 4 is 39.1 Å². The molecule has 0 aliphatic rings. The third-order valence-electron chi connectivity index (χ3n) is 2.88. The molecule has 0 radical (unpaired) electrons. The van der Waals surface area contributed by atoms with Crippen LogP contribution in [0.15, 0.2) is 47.4 Å². The maximum Gasteiger partial charge on any atom is 0.253 e. The minimum atomic E-state index is -3.90. The van der Waals surface area contributed by atoms with Gasteiger partial charge in [-0.2, -0.15) is 0 Å². The molecule has 0 aliphatic carbocycles. The van der Waals surface area contributed by atoms with Gasteiger partial charge in [0.15, 0.2) is 0 Å². The van der Waals surface area contributed by atoms with Crippen molar-refractivity contribution < 1.29 is 13.2 Å². The molecule has 1 amide bonds. The molecule has 0 aliphatic heterocycles. The lowest BCUT2D eigenvalue weighted by Crippen LogP contribution is -2.23. The summed E-state index contributed by atoms with van der Waals surface area (Å²) >= 11 is 11.7. The topological polar surface area (TPSA) is 89.3 Å². The largest absolute Gasteiger partial charge is 0.348 e. The number of carbonyl (C=O) groups is 1. The smallest absolute Gasteiger partial charge is 0.253 e. The lowest BCUT2D eigenvalue weighted by atomic mass is 10.2. The molecule has 116 valence electrons. The van der Waals surface area contributed by atoms with E-state index in [9.17, 15) is 13.2 Å². The summed E-state index contributed by atoms with van der Waals surface area (Å²) in [7, 11) is -3.90. The average Bonchev–Trinajstić information content (AvgIpc) is 2.45. The number of hydrogen-bond acceptors (Lipinski definition) is 3. The van der Waals surface area contributed by atoms with Crippen molar-refractivity contribution in [2.24, 2.45) is 5.14 Å². The second kappa shape index (κ2) is 6.66. The number of sulfonamides is 1. The van der Waals surface area contributed by atoms with Gasteiger partial charge in [-0.15, -0.1) is 0 Å². The van der Waals surface area contributed by atoms with Gasteiger partial charge in [0.25, 0.3) is 5.91 Å². The van der Waals surface area contributed by atoms with Gasteiger partial charge in [-0.25, -0.2) is 13.6 Å². The minimum absolute atomic E-state index is 0.0437. The Morgan fingerprint density at radius 3 is 2.32 bits per heavy atom. The molecule has 2 aromatic carbocycles. The minimum Gasteiger partial charge on any atom is -0.348 e. The van der Waals surface area contributed by atoms with Gasteiger partial charge in [-0.3, -0.25) is 4.79 Å². The zero-order chi connectivity index (χ0) is 16.3. The molecule has 0 bridgehead atoms. The summed E-state index contributed by atoms with van der Waals surface area (Å²) < 4.78 is 22.6. The van der Waals surface area contributed by atoms with Gasteiger partial charge in [-0.05, 0) is 35.9 Å². The summed E-state index contributed by atoms with van der Waals surface area (Å²) in [6, 6.07) is 10.7. The van der Waals surface area contributed by atoms with Crippen molar-refractivity contribution in [1.29, 1.82) is 0 Å². The SMILES string of the molecule is NS(=O)(=O)c1ccc(Cl)c(C(=O)NCc2ccc(Cl)cc2)c1. The van der Waals surface area contributed by atoms with Crippen molar-refractivity contribution in [3.8, 4) is 0 Å². The summed E-state index contributed by atoms with van der Waals surface area (Å²) in [5.74, 6) is -0.495. The Hall–Kier alpha value is -1.60. The fourth-order valence-corrected chi connectivity index (χ4v) is 2.60. The lowest BCUT2D eigenvalue weighted by molar-refractivity contribution is 0.0951. The van der Waals surface area contributed by atoms with E-state index in [1.807, 2.05) is 0 Å². The molecule has 2 aromatic rings. The molecule has 0 heterocycles. The van der Waals surface area contributed by atoms with Crippen LogP contribution in [-0.2, 0) is 16.6 Å². The predicted molar refractivity (Wildman–Crippen MR) is 85.4 cm³/mol. The van der Waals surface area contributed by atoms with Crippen LogP contribution in [0.4, 0.5) is 0 Å². The standard InChI is InChI=1S/C14H12Cl2N2O3S/c15-10-3-1-9(2-4-10)8-18-14(19)12-7-11(22(17,20)21)5-6-13(12)16/h1-7H,8H2,(H,18,19)(H2,17,20,21). The Morgan fingerprint density at radius 2 is 1.73 bits per heavy atom. The van der Waals surface area contributed by atoms with Crippen LogP contribution in [0.2, 0.25) is 10.0 Å². The number of amides is 1. The fourth-order valence-electron chi connectivity index (χ4n) is 1.74. The lowest BCUT2D eigenvalue weighted by Gasteiger charge is -2.08. The summed E-state index contributed by atoms with van der Waals surface area (Å²) in [4.78, 5) is 12.0. The van der Waals surface area contributed by atoms with E-state index in [1.54, 1.807) is 24.3 Å². The number of primary sulfonamides is 1. The molecule has 8 heteroatoms. The molecule has 3 N–H and O–H groups in total. The molecular formula is C14H12Cl2N2O3S. The van der Waals surface area contributed by atoms with E-state index in [2.05, 4.69) is 5.32 Å². The van der Waals surface area contributed by atoms with Crippen LogP contribution in [0.25, 0.3) is 0 Å². The highest BCUT2D eigenvalue weighted by molar-refractivity contribution is 7.89. The molecular weight excluding hydrogens is 347 g/mol. The average molecular weight is 359 g/mol. The van der Waals surface area contributed by atoms with Crippen LogP contribution >= 0.6 is 23.2 Å². The van der Waals surface area contributed by atoms with Gasteiger partial charge in [0.2, 0.25) is 10.0 Å². The Bertz CT molecular complexity index is 805. The van der Waals surface area contributed by atoms with E-state index in [0.717, 1.165) is 11.6 Å². The number of hydrogen-bond donors (Lipinski definition) is 2. The van der Waals surface area contributed by atoms with Gasteiger partial charge in [0.05, 0.1) is 15.5 Å². The van der Waals surface area contributed by atoms with Crippen LogP contribution < -0.4 is 10.5 Å². The zero-order valence-electron chi connectivity index (χ0n) is 11.2. The van der Waals surface area contributed by atoms with E-state index >= 15 is 0 Å². The van der Waals surface area contributed by atoms with E-state index < -0.39 is 15.9 Å². The zero-order valence-corrected chi connectivity index (χ0v) is 13.5. The number of rotatable bonds is 4. The van der Waals surface area contributed by atoms with E-state index in [1.165, 1.54) is 12.1 Å². The molecule has 0 saturated carbocycles. The fraction of sp³-hybridized carbons (Fsp3) is 0.0714. The third kappa shape index (κ3) is 4.20. The number of nitrogens with two attached hydrogens (primary N) is 1. The monoisotopic (exact) mass is 358 g/mol. The Balaban J connectivity index is 2.17. The number of nitrogens with one attached hydrogen (secondary N) is 1. The first kappa shape index (κ1) is 16.8. The van der Waals surface area contributed by atoms with E-state index in [4.69, 9.17) is 28.3 Å². The van der Waals surface area contributed by atoms with Crippen molar-refractivity contribution in [3.63, 3.8) is 0 Å². The molecule has 0 unspecified atom stereocenters. The first-order chi connectivity index (χ1) is 10.3. The van der Waals surface area contributed by atoms with Crippen LogP contribution in [0.5, 0.6) is 0 Å². The molecule has 2 rings (SSSR count). The summed E-state index contributed by atoms with van der Waals surface area (Å²) in [5.41, 5.74) is 0.888. The van der Waals surface area contributed by atoms with Gasteiger partial charge < -0.3 is 5.32 Å². The van der Waals surface area contributed by atoms with Crippen molar-refractivity contribution in [2.75, 3.05) is 0 Å². The Kier molecular flexibility index (Phi) is 5.08. The highest BCUT2D eigenvalue weighted by atomic mass is 35.5. The normalized spacial score (nSPS) is 11.2. The number of halogens is 2. The summed E-state index contributed by atoms with van der Waals surface area (Å²) in [6.07, 6.45) is 0. The van der Waals surface area contributed by atoms with Crippen LogP contribution in [0, 0.1) is 0 Å². The third-order valence-corrected chi connectivity index (χ3v) is 4.37. The van der Waals surface area contributed by atoms with Crippen molar-refractivity contribution in [2.45, 2.75) is 11.4 Å². The molecule has 0 fully saturated rings. The molecule has 0 saturated heterocycles. The quantitative estimate of drug-likeness (QED) is 0.879. The summed E-state index contributed by atoms with van der Waals surface area (Å²) in [6.45, 7) is 0.256. The second-order valence-corrected chi connectivity index (χ2v) is 6.90. The first-order valence-electron chi connectivity index (χ1n) is 6.12. The highest BCUT2D eigenvalue weighted by Crippen LogP contribution is 2.20. The molecule has 0 aromatic heterocycles. The molecule has 5 nitrogen and oxygen atoms in total. The van der Waals surface area contributed by atoms with Crippen LogP contribution in [0.1, 0.15) is 15.9 Å². The molecule has 0 atom stereocenters. The van der Waals surface area contributed by atoms with Crippen LogP contribution in [0.3, 0.4) is 0 Å². The maximum atomic E-state index is 12.1. The first-order valence-corrected chi connectivity index (χ1v) is 8.42. The Morgan fingerprint density at radius 1 is 1.09 bits per heavy atom. The van der Waals surface area contributed by atoms with Gasteiger partial charge in [0.1, 0.15) is 0 Å². The van der Waals surface area contributed by atoms with Crippen molar-refractivity contribution in [3.05, 3.63) is 63.6 Å². The summed E-state index contributed by atoms with van der Waals surface area (Å²) in [5, 5.41) is 8.43. The Labute approximate surface area is 138 Å². The number of benzene rings is 2. The molecule has 0 spiro atoms. The van der Waals surface area contributed by atoms with Gasteiger partial charge in [0, 0.05) is 11.6 Å². The van der Waals surface area contributed by atoms with Crippen LogP contribution in [-0.4, -0.2) is 14.3 Å². The predicted octanol–water partition coefficient (Wildman–Crippen LogP) is 2.57. The molecule has 22 heavy (non-hydrogen) atoms. The highest BCUT2D eigenvalue weighted by Gasteiger charge is 2.15. The maximum absolute atomic E-state index is 12.1. The second-order valence-electron chi connectivity index (χ2n) is 4.50. The van der Waals surface area contributed by atoms with Gasteiger partial charge >= 0.3 is 0 Å². The number of carbonyl (C=O) groups excluding carboxylic acids is 1. The van der Waals surface area contributed by atoms with E-state index in [-0.39, 0.29) is 22.0 Å². The van der Waals surface area contributed by atoms with Gasteiger partial charge in [-0.1, -0.05) is 35.3 Å². The van der Waals surface area contributed by atoms with Crippen molar-refractivity contribution in [1.82, 2.24) is 5.32 Å². The van der Waals surface area contributed by atoms with E-state index in [0.29, 0.717) is 5.02 Å².